The highest BCUT2D eigenvalue weighted by atomic mass is 32.2. The minimum Gasteiger partial charge on any atom is -0.376 e. The summed E-state index contributed by atoms with van der Waals surface area (Å²) in [6.45, 7) is 1.54. The molecule has 0 bridgehead atoms. The van der Waals surface area contributed by atoms with E-state index in [0.29, 0.717) is 6.92 Å². The Morgan fingerprint density at radius 2 is 1.76 bits per heavy atom. The molecule has 0 saturated carbocycles. The van der Waals surface area contributed by atoms with Crippen molar-refractivity contribution in [2.75, 3.05) is 24.5 Å². The van der Waals surface area contributed by atoms with Crippen molar-refractivity contribution >= 4 is 15.7 Å². The number of nitrogens with zero attached hydrogens (tertiary/aromatic N) is 5. The van der Waals surface area contributed by atoms with Crippen LogP contribution in [-0.2, 0) is 21.8 Å². The van der Waals surface area contributed by atoms with Gasteiger partial charge >= 0.3 is 12.4 Å². The number of hydrogen-bond acceptors (Lipinski definition) is 7. The van der Waals surface area contributed by atoms with Gasteiger partial charge in [0.05, 0.1) is 10.5 Å². The predicted molar refractivity (Wildman–Crippen MR) is 122 cm³/mol. The third kappa shape index (κ3) is 5.07. The summed E-state index contributed by atoms with van der Waals surface area (Å²) in [7, 11) is -4.34. The molecular weight excluding hydrogens is 542 g/mol. The second-order valence-electron chi connectivity index (χ2n) is 8.97. The monoisotopic (exact) mass is 564 g/mol. The number of hydrogen-bond donors (Lipinski definition) is 2. The van der Waals surface area contributed by atoms with Gasteiger partial charge in [-0.2, -0.15) is 35.9 Å². The Kier molecular flexibility index (Phi) is 6.95. The van der Waals surface area contributed by atoms with Crippen molar-refractivity contribution in [2.45, 2.75) is 42.7 Å². The van der Waals surface area contributed by atoms with Gasteiger partial charge in [0.25, 0.3) is 0 Å². The van der Waals surface area contributed by atoms with Gasteiger partial charge in [0, 0.05) is 36.9 Å². The van der Waals surface area contributed by atoms with Crippen LogP contribution in [0.15, 0.2) is 47.4 Å². The summed E-state index contributed by atoms with van der Waals surface area (Å²) >= 11 is 0. The van der Waals surface area contributed by atoms with E-state index in [1.165, 1.54) is 24.0 Å². The Hall–Kier alpha value is -3.24. The van der Waals surface area contributed by atoms with Crippen LogP contribution in [-0.4, -0.2) is 70.3 Å². The lowest BCUT2D eigenvalue weighted by atomic mass is 9.96. The summed E-state index contributed by atoms with van der Waals surface area (Å²) in [6.07, 6.45) is -9.79. The second kappa shape index (κ2) is 9.50. The predicted octanol–water partition coefficient (Wildman–Crippen LogP) is 3.55. The normalized spacial score (nSPS) is 19.4. The fourth-order valence-electron chi connectivity index (χ4n) is 4.24. The van der Waals surface area contributed by atoms with Gasteiger partial charge in [-0.25, -0.2) is 8.42 Å². The maximum absolute atomic E-state index is 13.9. The van der Waals surface area contributed by atoms with Gasteiger partial charge in [-0.1, -0.05) is 12.1 Å². The molecule has 1 fully saturated rings. The average molecular weight is 565 g/mol. The molecule has 2 N–H and O–H groups in total. The van der Waals surface area contributed by atoms with Crippen molar-refractivity contribution in [3.8, 4) is 11.4 Å². The van der Waals surface area contributed by atoms with Crippen LogP contribution in [0.5, 0.6) is 0 Å². The third-order valence-electron chi connectivity index (χ3n) is 6.37. The van der Waals surface area contributed by atoms with Gasteiger partial charge in [-0.15, -0.1) is 10.2 Å². The van der Waals surface area contributed by atoms with Crippen molar-refractivity contribution in [3.63, 3.8) is 0 Å². The van der Waals surface area contributed by atoms with Crippen LogP contribution < -0.4 is 4.90 Å². The van der Waals surface area contributed by atoms with Gasteiger partial charge in [0.1, 0.15) is 0 Å². The number of aromatic nitrogens is 4. The molecular formula is C22H22F6N6O3S. The SMILES string of the molecule is C[C@@H]1CN(c2ccc(-c3nn[nH]n3)cc2C(F)(F)F)CCN1S(=O)(=O)c1cccc(C(C)(O)C(F)(F)F)c1. The first-order chi connectivity index (χ1) is 17.5. The van der Waals surface area contributed by atoms with Crippen LogP contribution in [0.4, 0.5) is 32.0 Å². The van der Waals surface area contributed by atoms with Gasteiger partial charge in [-0.3, -0.25) is 0 Å². The molecule has 2 aromatic carbocycles. The maximum Gasteiger partial charge on any atom is 0.421 e. The molecule has 9 nitrogen and oxygen atoms in total. The zero-order chi connectivity index (χ0) is 28.1. The summed E-state index contributed by atoms with van der Waals surface area (Å²) in [4.78, 5) is 0.921. The molecule has 0 radical (unpaired) electrons. The highest BCUT2D eigenvalue weighted by Crippen LogP contribution is 2.41. The number of H-pyrrole nitrogens is 1. The number of nitrogens with one attached hydrogen (secondary N) is 1. The largest absolute Gasteiger partial charge is 0.421 e. The number of halogens is 6. The van der Waals surface area contributed by atoms with Crippen LogP contribution in [0.2, 0.25) is 0 Å². The van der Waals surface area contributed by atoms with E-state index in [4.69, 9.17) is 0 Å². The van der Waals surface area contributed by atoms with Gasteiger partial charge < -0.3 is 10.0 Å². The smallest absolute Gasteiger partial charge is 0.376 e. The lowest BCUT2D eigenvalue weighted by molar-refractivity contribution is -0.258. The summed E-state index contributed by atoms with van der Waals surface area (Å²) in [5, 5.41) is 22.8. The number of piperazine rings is 1. The minimum atomic E-state index is -5.05. The number of benzene rings is 2. The molecule has 1 aliphatic rings. The molecule has 1 aromatic heterocycles. The van der Waals surface area contributed by atoms with E-state index in [9.17, 15) is 39.9 Å². The number of aromatic amines is 1. The summed E-state index contributed by atoms with van der Waals surface area (Å²) in [5.74, 6) is -0.0296. The maximum atomic E-state index is 13.9. The van der Waals surface area contributed by atoms with Crippen LogP contribution in [0, 0.1) is 0 Å². The average Bonchev–Trinajstić information content (AvgIpc) is 3.37. The summed E-state index contributed by atoms with van der Waals surface area (Å²) in [5.41, 5.74) is -5.00. The molecule has 1 saturated heterocycles. The van der Waals surface area contributed by atoms with E-state index in [2.05, 4.69) is 20.6 Å². The molecule has 2 heterocycles. The molecule has 2 atom stereocenters. The molecule has 1 aliphatic heterocycles. The first-order valence-electron chi connectivity index (χ1n) is 11.1. The first-order valence-corrected chi connectivity index (χ1v) is 12.6. The van der Waals surface area contributed by atoms with Crippen molar-refractivity contribution in [1.82, 2.24) is 24.9 Å². The van der Waals surface area contributed by atoms with Crippen molar-refractivity contribution in [2.24, 2.45) is 0 Å². The van der Waals surface area contributed by atoms with Crippen molar-refractivity contribution in [3.05, 3.63) is 53.6 Å². The number of aliphatic hydroxyl groups is 1. The Bertz CT molecular complexity index is 1410. The van der Waals surface area contributed by atoms with Gasteiger partial charge in [-0.05, 0) is 55.0 Å². The lowest BCUT2D eigenvalue weighted by Gasteiger charge is -2.41. The first kappa shape index (κ1) is 27.8. The van der Waals surface area contributed by atoms with E-state index >= 15 is 0 Å². The highest BCUT2D eigenvalue weighted by Gasteiger charge is 2.51. The fraction of sp³-hybridized carbons (Fsp3) is 0.409. The molecule has 206 valence electrons. The Balaban J connectivity index is 1.61. The summed E-state index contributed by atoms with van der Waals surface area (Å²) in [6, 6.07) is 6.58. The molecule has 4 rings (SSSR count). The molecule has 0 spiro atoms. The van der Waals surface area contributed by atoms with Crippen LogP contribution in [0.3, 0.4) is 0 Å². The molecule has 3 aromatic rings. The lowest BCUT2D eigenvalue weighted by Crippen LogP contribution is -2.54. The Morgan fingerprint density at radius 1 is 1.05 bits per heavy atom. The van der Waals surface area contributed by atoms with E-state index < -0.39 is 50.0 Å². The summed E-state index contributed by atoms with van der Waals surface area (Å²) < 4.78 is 109. The molecule has 38 heavy (non-hydrogen) atoms. The molecule has 16 heteroatoms. The Morgan fingerprint density at radius 3 is 2.34 bits per heavy atom. The third-order valence-corrected chi connectivity index (χ3v) is 8.38. The number of tetrazole rings is 1. The topological polar surface area (TPSA) is 115 Å². The molecule has 0 aliphatic carbocycles. The van der Waals surface area contributed by atoms with Gasteiger partial charge in [0.2, 0.25) is 15.8 Å². The number of anilines is 1. The van der Waals surface area contributed by atoms with Crippen LogP contribution in [0.1, 0.15) is 25.0 Å². The number of sulfonamides is 1. The standard InChI is InChI=1S/C22H22F6N6O3S/c1-13-12-33(18-7-6-14(19-29-31-32-30-19)10-17(18)21(23,24)25)8-9-34(13)38(36,37)16-5-3-4-15(11-16)20(2,35)22(26,27)28/h3-7,10-11,13,35H,8-9,12H2,1-2H3,(H,29,30,31,32)/t13-,20?/m1/s1. The van der Waals surface area contributed by atoms with Crippen molar-refractivity contribution < 1.29 is 39.9 Å². The van der Waals surface area contributed by atoms with Crippen LogP contribution >= 0.6 is 0 Å². The zero-order valence-electron chi connectivity index (χ0n) is 19.9. The van der Waals surface area contributed by atoms with Gasteiger partial charge in [0.15, 0.2) is 5.60 Å². The highest BCUT2D eigenvalue weighted by molar-refractivity contribution is 7.89. The number of rotatable bonds is 5. The van der Waals surface area contributed by atoms with Crippen molar-refractivity contribution in [1.29, 1.82) is 0 Å². The minimum absolute atomic E-state index is 0.0296. The van der Waals surface area contributed by atoms with E-state index in [1.807, 2.05) is 0 Å². The van der Waals surface area contributed by atoms with Crippen LogP contribution in [0.25, 0.3) is 11.4 Å². The quantitative estimate of drug-likeness (QED) is 0.456. The van der Waals surface area contributed by atoms with E-state index in [-0.39, 0.29) is 36.7 Å². The second-order valence-corrected chi connectivity index (χ2v) is 10.9. The fourth-order valence-corrected chi connectivity index (χ4v) is 5.90. The zero-order valence-corrected chi connectivity index (χ0v) is 20.7. The number of alkyl halides is 6. The molecule has 1 unspecified atom stereocenters. The molecule has 0 amide bonds. The Labute approximate surface area is 213 Å². The van der Waals surface area contributed by atoms with E-state index in [1.54, 1.807) is 0 Å². The van der Waals surface area contributed by atoms with E-state index in [0.717, 1.165) is 34.6 Å².